The van der Waals surface area contributed by atoms with E-state index in [2.05, 4.69) is 5.32 Å². The van der Waals surface area contributed by atoms with Crippen molar-refractivity contribution in [3.05, 3.63) is 59.7 Å². The van der Waals surface area contributed by atoms with Gasteiger partial charge >= 0.3 is 0 Å². The van der Waals surface area contributed by atoms with Gasteiger partial charge in [0.15, 0.2) is 0 Å². The van der Waals surface area contributed by atoms with Crippen LogP contribution in [0.2, 0.25) is 0 Å². The predicted octanol–water partition coefficient (Wildman–Crippen LogP) is 3.75. The standard InChI is InChI=1S/C21H28N2O4S/c1-5-20(16-10-14-19(27-4)15-11-16)22-21(24)17-8-12-18(13-9-17)23(6-2)28(25,26)7-3/h8-15,20H,5-7H2,1-4H3,(H,22,24). The van der Waals surface area contributed by atoms with Crippen molar-refractivity contribution in [3.8, 4) is 5.75 Å². The van der Waals surface area contributed by atoms with Gasteiger partial charge in [0.1, 0.15) is 5.75 Å². The third kappa shape index (κ3) is 5.04. The maximum absolute atomic E-state index is 12.6. The van der Waals surface area contributed by atoms with E-state index in [1.165, 1.54) is 4.31 Å². The van der Waals surface area contributed by atoms with Crippen LogP contribution in [0.3, 0.4) is 0 Å². The lowest BCUT2D eigenvalue weighted by Crippen LogP contribution is -2.32. The molecule has 0 saturated heterocycles. The summed E-state index contributed by atoms with van der Waals surface area (Å²) in [6.07, 6.45) is 0.745. The Hall–Kier alpha value is -2.54. The molecule has 0 bridgehead atoms. The third-order valence-corrected chi connectivity index (χ3v) is 6.51. The van der Waals surface area contributed by atoms with Gasteiger partial charge in [-0.2, -0.15) is 0 Å². The van der Waals surface area contributed by atoms with Crippen molar-refractivity contribution in [2.24, 2.45) is 0 Å². The molecule has 1 atom stereocenters. The number of rotatable bonds is 9. The van der Waals surface area contributed by atoms with E-state index in [4.69, 9.17) is 4.74 Å². The second kappa shape index (κ2) is 9.59. The highest BCUT2D eigenvalue weighted by Gasteiger charge is 2.19. The van der Waals surface area contributed by atoms with Crippen LogP contribution in [0.5, 0.6) is 5.75 Å². The normalized spacial score (nSPS) is 12.3. The average molecular weight is 405 g/mol. The number of amides is 1. The molecule has 0 aromatic heterocycles. The molecule has 1 N–H and O–H groups in total. The molecule has 0 fully saturated rings. The van der Waals surface area contributed by atoms with Crippen LogP contribution < -0.4 is 14.4 Å². The second-order valence-electron chi connectivity index (χ2n) is 6.32. The van der Waals surface area contributed by atoms with Crippen molar-refractivity contribution in [1.29, 1.82) is 0 Å². The van der Waals surface area contributed by atoms with E-state index in [0.717, 1.165) is 17.7 Å². The molecule has 152 valence electrons. The van der Waals surface area contributed by atoms with Gasteiger partial charge in [0.25, 0.3) is 5.91 Å². The monoisotopic (exact) mass is 404 g/mol. The highest BCUT2D eigenvalue weighted by Crippen LogP contribution is 2.22. The lowest BCUT2D eigenvalue weighted by atomic mass is 10.0. The molecule has 0 saturated carbocycles. The zero-order valence-electron chi connectivity index (χ0n) is 16.8. The van der Waals surface area contributed by atoms with Gasteiger partial charge in [0.2, 0.25) is 10.0 Å². The summed E-state index contributed by atoms with van der Waals surface area (Å²) in [4.78, 5) is 12.6. The van der Waals surface area contributed by atoms with Crippen LogP contribution in [-0.2, 0) is 10.0 Å². The van der Waals surface area contributed by atoms with Gasteiger partial charge in [0, 0.05) is 12.1 Å². The Bertz CT molecular complexity index is 878. The van der Waals surface area contributed by atoms with Gasteiger partial charge in [-0.3, -0.25) is 9.10 Å². The first-order valence-electron chi connectivity index (χ1n) is 9.41. The number of methoxy groups -OCH3 is 1. The van der Waals surface area contributed by atoms with Gasteiger partial charge in [-0.05, 0) is 62.2 Å². The van der Waals surface area contributed by atoms with E-state index in [1.807, 2.05) is 31.2 Å². The maximum Gasteiger partial charge on any atom is 0.251 e. The summed E-state index contributed by atoms with van der Waals surface area (Å²) in [6.45, 7) is 5.75. The molecule has 0 radical (unpaired) electrons. The summed E-state index contributed by atoms with van der Waals surface area (Å²) in [6, 6.07) is 14.1. The van der Waals surface area contributed by atoms with E-state index in [-0.39, 0.29) is 17.7 Å². The zero-order chi connectivity index (χ0) is 20.7. The Balaban J connectivity index is 2.15. The Morgan fingerprint density at radius 2 is 1.64 bits per heavy atom. The second-order valence-corrected chi connectivity index (χ2v) is 8.50. The van der Waals surface area contributed by atoms with Crippen molar-refractivity contribution >= 4 is 21.6 Å². The number of carbonyl (C=O) groups excluding carboxylic acids is 1. The minimum atomic E-state index is -3.34. The molecule has 1 unspecified atom stereocenters. The molecule has 0 heterocycles. The Kier molecular flexibility index (Phi) is 7.45. The summed E-state index contributed by atoms with van der Waals surface area (Å²) in [5.74, 6) is 0.599. The zero-order valence-corrected chi connectivity index (χ0v) is 17.6. The van der Waals surface area contributed by atoms with Crippen molar-refractivity contribution in [2.45, 2.75) is 33.2 Å². The molecule has 28 heavy (non-hydrogen) atoms. The number of nitrogens with one attached hydrogen (secondary N) is 1. The summed E-state index contributed by atoms with van der Waals surface area (Å²) in [5, 5.41) is 3.03. The maximum atomic E-state index is 12.6. The fourth-order valence-electron chi connectivity index (χ4n) is 2.97. The van der Waals surface area contributed by atoms with Crippen LogP contribution in [-0.4, -0.2) is 33.7 Å². The Morgan fingerprint density at radius 3 is 2.11 bits per heavy atom. The molecule has 2 aromatic carbocycles. The quantitative estimate of drug-likeness (QED) is 0.691. The first kappa shape index (κ1) is 21.8. The number of sulfonamides is 1. The van der Waals surface area contributed by atoms with Crippen LogP contribution in [0, 0.1) is 0 Å². The van der Waals surface area contributed by atoms with Crippen molar-refractivity contribution in [2.75, 3.05) is 23.7 Å². The SMILES string of the molecule is CCC(NC(=O)c1ccc(N(CC)S(=O)(=O)CC)cc1)c1ccc(OC)cc1. The van der Waals surface area contributed by atoms with Crippen molar-refractivity contribution in [1.82, 2.24) is 5.32 Å². The minimum Gasteiger partial charge on any atom is -0.497 e. The number of hydrogen-bond acceptors (Lipinski definition) is 4. The number of anilines is 1. The molecular formula is C21H28N2O4S. The topological polar surface area (TPSA) is 75.7 Å². The van der Waals surface area contributed by atoms with Gasteiger partial charge in [-0.15, -0.1) is 0 Å². The van der Waals surface area contributed by atoms with Gasteiger partial charge < -0.3 is 10.1 Å². The smallest absolute Gasteiger partial charge is 0.251 e. The number of benzene rings is 2. The van der Waals surface area contributed by atoms with Crippen LogP contribution in [0.4, 0.5) is 5.69 Å². The summed E-state index contributed by atoms with van der Waals surface area (Å²) in [7, 11) is -1.72. The lowest BCUT2D eigenvalue weighted by Gasteiger charge is -2.22. The highest BCUT2D eigenvalue weighted by molar-refractivity contribution is 7.92. The van der Waals surface area contributed by atoms with Gasteiger partial charge in [-0.1, -0.05) is 19.1 Å². The number of hydrogen-bond donors (Lipinski definition) is 1. The molecule has 0 aliphatic heterocycles. The molecule has 0 aliphatic carbocycles. The van der Waals surface area contributed by atoms with Crippen molar-refractivity contribution in [3.63, 3.8) is 0 Å². The predicted molar refractivity (Wildman–Crippen MR) is 112 cm³/mol. The van der Waals surface area contributed by atoms with E-state index in [0.29, 0.717) is 17.8 Å². The number of carbonyl (C=O) groups is 1. The van der Waals surface area contributed by atoms with E-state index < -0.39 is 10.0 Å². The number of ether oxygens (including phenoxy) is 1. The fraction of sp³-hybridized carbons (Fsp3) is 0.381. The van der Waals surface area contributed by atoms with E-state index >= 15 is 0 Å². The first-order chi connectivity index (χ1) is 13.4. The Morgan fingerprint density at radius 1 is 1.04 bits per heavy atom. The molecule has 1 amide bonds. The van der Waals surface area contributed by atoms with Gasteiger partial charge in [-0.25, -0.2) is 8.42 Å². The largest absolute Gasteiger partial charge is 0.497 e. The molecule has 0 aliphatic rings. The molecule has 2 aromatic rings. The molecule has 7 heteroatoms. The summed E-state index contributed by atoms with van der Waals surface area (Å²) < 4.78 is 30.9. The summed E-state index contributed by atoms with van der Waals surface area (Å²) >= 11 is 0. The fourth-order valence-corrected chi connectivity index (χ4v) is 4.12. The van der Waals surface area contributed by atoms with Crippen LogP contribution >= 0.6 is 0 Å². The molecule has 6 nitrogen and oxygen atoms in total. The van der Waals surface area contributed by atoms with E-state index in [9.17, 15) is 13.2 Å². The van der Waals surface area contributed by atoms with Gasteiger partial charge in [0.05, 0.1) is 24.6 Å². The highest BCUT2D eigenvalue weighted by atomic mass is 32.2. The van der Waals surface area contributed by atoms with E-state index in [1.54, 1.807) is 45.2 Å². The molecular weight excluding hydrogens is 376 g/mol. The first-order valence-corrected chi connectivity index (χ1v) is 11.0. The molecule has 0 spiro atoms. The summed E-state index contributed by atoms with van der Waals surface area (Å²) in [5.41, 5.74) is 2.04. The van der Waals surface area contributed by atoms with Crippen molar-refractivity contribution < 1.29 is 17.9 Å². The average Bonchev–Trinajstić information content (AvgIpc) is 2.72. The molecule has 2 rings (SSSR count). The van der Waals surface area contributed by atoms with Crippen LogP contribution in [0.1, 0.15) is 49.2 Å². The van der Waals surface area contributed by atoms with Crippen LogP contribution in [0.15, 0.2) is 48.5 Å². The third-order valence-electron chi connectivity index (χ3n) is 4.64. The van der Waals surface area contributed by atoms with Crippen LogP contribution in [0.25, 0.3) is 0 Å². The minimum absolute atomic E-state index is 0.0309. The lowest BCUT2D eigenvalue weighted by molar-refractivity contribution is 0.0935. The number of nitrogens with zero attached hydrogens (tertiary/aromatic N) is 1. The Labute approximate surface area is 167 Å².